The topological polar surface area (TPSA) is 49.9 Å². The Morgan fingerprint density at radius 3 is 2.79 bits per heavy atom. The number of fused-ring (bicyclic) bond motifs is 4. The summed E-state index contributed by atoms with van der Waals surface area (Å²) in [4.78, 5) is 28.4. The van der Waals surface area contributed by atoms with E-state index in [1.54, 1.807) is 0 Å². The predicted octanol–water partition coefficient (Wildman–Crippen LogP) is 2.06. The van der Waals surface area contributed by atoms with Crippen molar-refractivity contribution in [2.45, 2.75) is 38.3 Å². The van der Waals surface area contributed by atoms with E-state index in [1.807, 2.05) is 47.2 Å². The second-order valence-electron chi connectivity index (χ2n) is 6.82. The van der Waals surface area contributed by atoms with Gasteiger partial charge in [0.2, 0.25) is 11.8 Å². The highest BCUT2D eigenvalue weighted by Crippen LogP contribution is 2.28. The second kappa shape index (κ2) is 7.79. The lowest BCUT2D eigenvalue weighted by Crippen LogP contribution is -2.45. The minimum Gasteiger partial charge on any atom is -0.377 e. The van der Waals surface area contributed by atoms with Crippen molar-refractivity contribution in [3.8, 4) is 0 Å². The molecule has 0 radical (unpaired) electrons. The molecule has 0 unspecified atom stereocenters. The van der Waals surface area contributed by atoms with Crippen molar-refractivity contribution in [2.24, 2.45) is 5.92 Å². The van der Waals surface area contributed by atoms with Gasteiger partial charge in [0.05, 0.1) is 12.5 Å². The molecular weight excluding hydrogens is 304 g/mol. The molecule has 5 nitrogen and oxygen atoms in total. The molecule has 130 valence electrons. The summed E-state index contributed by atoms with van der Waals surface area (Å²) in [7, 11) is 1.87. The Morgan fingerprint density at radius 1 is 1.21 bits per heavy atom. The summed E-state index contributed by atoms with van der Waals surface area (Å²) in [6.07, 6.45) is 3.14. The monoisotopic (exact) mass is 330 g/mol. The van der Waals surface area contributed by atoms with E-state index in [9.17, 15) is 9.59 Å². The van der Waals surface area contributed by atoms with E-state index >= 15 is 0 Å². The van der Waals surface area contributed by atoms with Crippen molar-refractivity contribution in [1.82, 2.24) is 9.80 Å². The highest BCUT2D eigenvalue weighted by molar-refractivity contribution is 5.83. The van der Waals surface area contributed by atoms with Crippen molar-refractivity contribution in [3.63, 3.8) is 0 Å². The first-order chi connectivity index (χ1) is 11.6. The van der Waals surface area contributed by atoms with Gasteiger partial charge in [-0.2, -0.15) is 0 Å². The fourth-order valence-electron chi connectivity index (χ4n) is 3.61. The lowest BCUT2D eigenvalue weighted by Gasteiger charge is -2.32. The molecule has 1 aromatic rings. The largest absolute Gasteiger partial charge is 0.377 e. The fraction of sp³-hybridized carbons (Fsp3) is 0.579. The molecule has 3 aliphatic rings. The van der Waals surface area contributed by atoms with Gasteiger partial charge in [0.25, 0.3) is 0 Å². The maximum absolute atomic E-state index is 12.5. The quantitative estimate of drug-likeness (QED) is 0.750. The van der Waals surface area contributed by atoms with Crippen LogP contribution in [0.2, 0.25) is 0 Å². The Labute approximate surface area is 143 Å². The van der Waals surface area contributed by atoms with Crippen molar-refractivity contribution >= 4 is 11.8 Å². The van der Waals surface area contributed by atoms with Gasteiger partial charge in [-0.1, -0.05) is 30.3 Å². The summed E-state index contributed by atoms with van der Waals surface area (Å²) in [6.45, 7) is 2.44. The summed E-state index contributed by atoms with van der Waals surface area (Å²) in [5.74, 6) is 0.345. The molecule has 3 saturated heterocycles. The van der Waals surface area contributed by atoms with Gasteiger partial charge >= 0.3 is 0 Å². The highest BCUT2D eigenvalue weighted by Gasteiger charge is 2.39. The summed E-state index contributed by atoms with van der Waals surface area (Å²) < 4.78 is 5.64. The number of likely N-dealkylation sites (N-methyl/N-ethyl adjacent to an activating group) is 1. The van der Waals surface area contributed by atoms with Gasteiger partial charge in [-0.25, -0.2) is 0 Å². The molecular formula is C19H26N2O3. The minimum absolute atomic E-state index is 0.00738. The molecule has 2 bridgehead atoms. The van der Waals surface area contributed by atoms with Crippen LogP contribution in [-0.4, -0.2) is 54.4 Å². The molecule has 2 amide bonds. The Kier molecular flexibility index (Phi) is 5.51. The van der Waals surface area contributed by atoms with Crippen LogP contribution in [0.5, 0.6) is 0 Å². The van der Waals surface area contributed by atoms with Gasteiger partial charge in [-0.05, 0) is 24.8 Å². The number of benzene rings is 1. The molecule has 2 atom stereocenters. The Hall–Kier alpha value is -1.88. The number of piperidine rings is 1. The molecule has 0 N–H and O–H groups in total. The zero-order chi connectivity index (χ0) is 16.9. The molecule has 3 fully saturated rings. The predicted molar refractivity (Wildman–Crippen MR) is 91.2 cm³/mol. The van der Waals surface area contributed by atoms with Crippen molar-refractivity contribution in [2.75, 3.05) is 26.7 Å². The van der Waals surface area contributed by atoms with Gasteiger partial charge in [-0.3, -0.25) is 9.59 Å². The lowest BCUT2D eigenvalue weighted by atomic mass is 9.95. The first kappa shape index (κ1) is 17.0. The summed E-state index contributed by atoms with van der Waals surface area (Å²) in [5, 5.41) is 0. The van der Waals surface area contributed by atoms with E-state index in [4.69, 9.17) is 4.74 Å². The normalized spacial score (nSPS) is 23.5. The average Bonchev–Trinajstić information content (AvgIpc) is 2.89. The maximum Gasteiger partial charge on any atom is 0.227 e. The van der Waals surface area contributed by atoms with Crippen LogP contribution < -0.4 is 0 Å². The number of rotatable bonds is 6. The third-order valence-corrected chi connectivity index (χ3v) is 5.11. The van der Waals surface area contributed by atoms with Crippen LogP contribution in [0.4, 0.5) is 0 Å². The van der Waals surface area contributed by atoms with E-state index in [1.165, 1.54) is 0 Å². The minimum atomic E-state index is -0.00738. The summed E-state index contributed by atoms with van der Waals surface area (Å²) in [5.41, 5.74) is 1.15. The number of hydrogen-bond acceptors (Lipinski definition) is 3. The van der Waals surface area contributed by atoms with Gasteiger partial charge in [-0.15, -0.1) is 0 Å². The zero-order valence-corrected chi connectivity index (χ0v) is 14.3. The standard InChI is InChI=1S/C19H26N2O3/c1-20-17-10-9-16(19(20)23)12-21(13-17)18(22)8-5-11-24-14-15-6-3-2-4-7-15/h2-4,6-7,16-17H,5,8-14H2,1H3/t16-,17+/m1/s1. The Morgan fingerprint density at radius 2 is 2.00 bits per heavy atom. The van der Waals surface area contributed by atoms with Crippen LogP contribution in [0, 0.1) is 5.92 Å². The number of nitrogens with zero attached hydrogens (tertiary/aromatic N) is 2. The Bertz CT molecular complexity index is 575. The molecule has 0 saturated carbocycles. The van der Waals surface area contributed by atoms with Crippen LogP contribution in [0.1, 0.15) is 31.2 Å². The average molecular weight is 330 g/mol. The fourth-order valence-corrected chi connectivity index (χ4v) is 3.61. The second-order valence-corrected chi connectivity index (χ2v) is 6.82. The number of carbonyl (C=O) groups excluding carboxylic acids is 2. The van der Waals surface area contributed by atoms with Crippen LogP contribution in [-0.2, 0) is 20.9 Å². The van der Waals surface area contributed by atoms with E-state index in [2.05, 4.69) is 0 Å². The van der Waals surface area contributed by atoms with E-state index < -0.39 is 0 Å². The Balaban J connectivity index is 1.40. The van der Waals surface area contributed by atoms with Gasteiger partial charge < -0.3 is 14.5 Å². The molecule has 0 spiro atoms. The summed E-state index contributed by atoms with van der Waals surface area (Å²) >= 11 is 0. The highest BCUT2D eigenvalue weighted by atomic mass is 16.5. The molecule has 0 aliphatic carbocycles. The summed E-state index contributed by atoms with van der Waals surface area (Å²) in [6, 6.07) is 10.2. The third-order valence-electron chi connectivity index (χ3n) is 5.11. The van der Waals surface area contributed by atoms with E-state index in [-0.39, 0.29) is 23.8 Å². The number of carbonyl (C=O) groups is 2. The van der Waals surface area contributed by atoms with Crippen LogP contribution in [0.3, 0.4) is 0 Å². The molecule has 0 aromatic heterocycles. The molecule has 4 rings (SSSR count). The van der Waals surface area contributed by atoms with Crippen LogP contribution in [0.15, 0.2) is 30.3 Å². The molecule has 3 heterocycles. The van der Waals surface area contributed by atoms with E-state index in [0.29, 0.717) is 32.7 Å². The zero-order valence-electron chi connectivity index (χ0n) is 14.3. The van der Waals surface area contributed by atoms with Gasteiger partial charge in [0.1, 0.15) is 0 Å². The lowest BCUT2D eigenvalue weighted by molar-refractivity contribution is -0.138. The molecule has 5 heteroatoms. The van der Waals surface area contributed by atoms with Gasteiger partial charge in [0, 0.05) is 39.2 Å². The van der Waals surface area contributed by atoms with Gasteiger partial charge in [0.15, 0.2) is 0 Å². The first-order valence-electron chi connectivity index (χ1n) is 8.81. The number of hydrogen-bond donors (Lipinski definition) is 0. The van der Waals surface area contributed by atoms with Crippen LogP contribution in [0.25, 0.3) is 0 Å². The van der Waals surface area contributed by atoms with Crippen molar-refractivity contribution in [3.05, 3.63) is 35.9 Å². The molecule has 1 aromatic carbocycles. The van der Waals surface area contributed by atoms with Crippen LogP contribution >= 0.6 is 0 Å². The third kappa shape index (κ3) is 3.96. The van der Waals surface area contributed by atoms with E-state index in [0.717, 1.165) is 24.8 Å². The molecule has 24 heavy (non-hydrogen) atoms. The number of ether oxygens (including phenoxy) is 1. The number of amides is 2. The SMILES string of the molecule is CN1C(=O)[C@@H]2CC[C@H]1CN(C(=O)CCCOCc1ccccc1)C2. The smallest absolute Gasteiger partial charge is 0.227 e. The first-order valence-corrected chi connectivity index (χ1v) is 8.81. The van der Waals surface area contributed by atoms with Crippen molar-refractivity contribution < 1.29 is 14.3 Å². The molecule has 3 aliphatic heterocycles. The van der Waals surface area contributed by atoms with Crippen molar-refractivity contribution in [1.29, 1.82) is 0 Å². The maximum atomic E-state index is 12.5.